The summed E-state index contributed by atoms with van der Waals surface area (Å²) in [4.78, 5) is 4.79. The van der Waals surface area contributed by atoms with E-state index in [9.17, 15) is 5.26 Å². The molecule has 0 N–H and O–H groups in total. The average molecular weight is 375 g/mol. The second-order valence-electron chi connectivity index (χ2n) is 7.34. The number of aryl methyl sites for hydroxylation is 2. The van der Waals surface area contributed by atoms with Crippen molar-refractivity contribution in [3.05, 3.63) is 81.7 Å². The molecule has 0 saturated heterocycles. The molecule has 0 aliphatic heterocycles. The zero-order valence-electron chi connectivity index (χ0n) is 17.9. The average Bonchev–Trinajstić information content (AvgIpc) is 2.69. The van der Waals surface area contributed by atoms with Crippen molar-refractivity contribution >= 4 is 0 Å². The van der Waals surface area contributed by atoms with Crippen LogP contribution in [0, 0.1) is 25.2 Å². The van der Waals surface area contributed by atoms with Gasteiger partial charge in [0, 0.05) is 23.4 Å². The molecule has 1 atom stereocenters. The zero-order chi connectivity index (χ0) is 20.8. The van der Waals surface area contributed by atoms with Gasteiger partial charge in [0.15, 0.2) is 0 Å². The van der Waals surface area contributed by atoms with Crippen molar-refractivity contribution in [3.8, 4) is 11.8 Å². The number of rotatable bonds is 7. The quantitative estimate of drug-likeness (QED) is 0.543. The van der Waals surface area contributed by atoms with Crippen LogP contribution in [0.1, 0.15) is 66.6 Å². The second-order valence-corrected chi connectivity index (χ2v) is 7.34. The third-order valence-corrected chi connectivity index (χ3v) is 5.28. The number of nitrogens with zero attached hydrogens (tertiary/aromatic N) is 2. The summed E-state index contributed by atoms with van der Waals surface area (Å²) in [5.74, 6) is 0.673. The maximum absolute atomic E-state index is 9.30. The van der Waals surface area contributed by atoms with Crippen LogP contribution in [-0.2, 0) is 6.42 Å². The molecule has 0 aliphatic carbocycles. The van der Waals surface area contributed by atoms with Crippen LogP contribution in [0.5, 0.6) is 5.75 Å². The van der Waals surface area contributed by atoms with E-state index in [0.29, 0.717) is 11.3 Å². The lowest BCUT2D eigenvalue weighted by molar-refractivity contribution is 0.408. The lowest BCUT2D eigenvalue weighted by Crippen LogP contribution is -2.14. The molecule has 0 radical (unpaired) electrons. The van der Waals surface area contributed by atoms with Crippen LogP contribution < -0.4 is 4.74 Å². The van der Waals surface area contributed by atoms with Gasteiger partial charge < -0.3 is 4.74 Å². The Kier molecular flexibility index (Phi) is 7.18. The molecule has 0 fully saturated rings. The number of benzene rings is 1. The molecule has 146 valence electrons. The second kappa shape index (κ2) is 9.37. The van der Waals surface area contributed by atoms with E-state index in [-0.39, 0.29) is 5.92 Å². The summed E-state index contributed by atoms with van der Waals surface area (Å²) >= 11 is 0. The smallest absolute Gasteiger partial charge is 0.124 e. The maximum Gasteiger partial charge on any atom is 0.124 e. The fourth-order valence-electron chi connectivity index (χ4n) is 3.70. The lowest BCUT2D eigenvalue weighted by atomic mass is 9.78. The highest BCUT2D eigenvalue weighted by atomic mass is 16.5. The predicted octanol–water partition coefficient (Wildman–Crippen LogP) is 6.19. The molecule has 0 bridgehead atoms. The predicted molar refractivity (Wildman–Crippen MR) is 116 cm³/mol. The summed E-state index contributed by atoms with van der Waals surface area (Å²) in [7, 11) is 1.65. The van der Waals surface area contributed by atoms with E-state index < -0.39 is 0 Å². The highest BCUT2D eigenvalue weighted by molar-refractivity contribution is 5.57. The monoisotopic (exact) mass is 374 g/mol. The Bertz CT molecular complexity index is 944. The van der Waals surface area contributed by atoms with Crippen molar-refractivity contribution < 1.29 is 4.74 Å². The highest BCUT2D eigenvalue weighted by Gasteiger charge is 2.27. The van der Waals surface area contributed by atoms with Gasteiger partial charge in [0.1, 0.15) is 5.75 Å². The molecule has 0 spiro atoms. The van der Waals surface area contributed by atoms with Gasteiger partial charge in [-0.25, -0.2) is 0 Å². The number of hydrogen-bond donors (Lipinski definition) is 0. The fourth-order valence-corrected chi connectivity index (χ4v) is 3.70. The summed E-state index contributed by atoms with van der Waals surface area (Å²) in [6.45, 7) is 14.8. The molecule has 2 rings (SSSR count). The SMILES string of the molecule is C=CC(=C(C)C)C(c1ccc(C#N)cc1OC)c1c(CCC)ncc(C)c1C. The molecule has 3 nitrogen and oxygen atoms in total. The van der Waals surface area contributed by atoms with E-state index in [4.69, 9.17) is 9.72 Å². The van der Waals surface area contributed by atoms with Crippen molar-refractivity contribution in [1.82, 2.24) is 4.98 Å². The van der Waals surface area contributed by atoms with Crippen molar-refractivity contribution in [2.24, 2.45) is 0 Å². The van der Waals surface area contributed by atoms with Crippen LogP contribution in [0.15, 0.2) is 48.2 Å². The number of allylic oxidation sites excluding steroid dienone is 3. The number of hydrogen-bond acceptors (Lipinski definition) is 3. The van der Waals surface area contributed by atoms with Crippen molar-refractivity contribution in [3.63, 3.8) is 0 Å². The molecule has 1 aromatic carbocycles. The van der Waals surface area contributed by atoms with Crippen molar-refractivity contribution in [1.29, 1.82) is 5.26 Å². The molecular formula is C25H30N2O. The van der Waals surface area contributed by atoms with Gasteiger partial charge in [0.25, 0.3) is 0 Å². The molecule has 1 aromatic heterocycles. The van der Waals surface area contributed by atoms with Gasteiger partial charge >= 0.3 is 0 Å². The number of pyridine rings is 1. The van der Waals surface area contributed by atoms with E-state index in [1.54, 1.807) is 7.11 Å². The Morgan fingerprint density at radius 1 is 1.32 bits per heavy atom. The van der Waals surface area contributed by atoms with Gasteiger partial charge in [-0.05, 0) is 68.5 Å². The lowest BCUT2D eigenvalue weighted by Gasteiger charge is -2.27. The first-order chi connectivity index (χ1) is 13.4. The van der Waals surface area contributed by atoms with Crippen molar-refractivity contribution in [2.45, 2.75) is 53.4 Å². The molecule has 0 amide bonds. The van der Waals surface area contributed by atoms with E-state index in [1.165, 1.54) is 22.3 Å². The summed E-state index contributed by atoms with van der Waals surface area (Å²) in [6, 6.07) is 7.87. The van der Waals surface area contributed by atoms with E-state index >= 15 is 0 Å². The summed E-state index contributed by atoms with van der Waals surface area (Å²) < 4.78 is 5.71. The van der Waals surface area contributed by atoms with E-state index in [1.807, 2.05) is 30.5 Å². The number of ether oxygens (including phenoxy) is 1. The molecule has 0 aliphatic rings. The van der Waals surface area contributed by atoms with Crippen LogP contribution in [0.4, 0.5) is 0 Å². The Morgan fingerprint density at radius 2 is 2.04 bits per heavy atom. The summed E-state index contributed by atoms with van der Waals surface area (Å²) in [5.41, 5.74) is 8.73. The van der Waals surface area contributed by atoms with Gasteiger partial charge in [-0.2, -0.15) is 5.26 Å². The molecule has 1 heterocycles. The molecule has 28 heavy (non-hydrogen) atoms. The molecule has 3 heteroatoms. The van der Waals surface area contributed by atoms with E-state index in [2.05, 4.69) is 47.3 Å². The van der Waals surface area contributed by atoms with Gasteiger partial charge in [-0.1, -0.05) is 37.6 Å². The first-order valence-electron chi connectivity index (χ1n) is 9.72. The minimum absolute atomic E-state index is 0.0425. The normalized spacial score (nSPS) is 11.5. The largest absolute Gasteiger partial charge is 0.496 e. The van der Waals surface area contributed by atoms with Gasteiger partial charge in [-0.3, -0.25) is 4.98 Å². The van der Waals surface area contributed by atoms with Crippen LogP contribution in [0.25, 0.3) is 0 Å². The van der Waals surface area contributed by atoms with Crippen LogP contribution in [-0.4, -0.2) is 12.1 Å². The number of methoxy groups -OCH3 is 1. The Balaban J connectivity index is 2.92. The maximum atomic E-state index is 9.30. The van der Waals surface area contributed by atoms with Crippen LogP contribution in [0.2, 0.25) is 0 Å². The standard InChI is InChI=1S/C25H30N2O/c1-8-10-22-24(18(6)17(5)15-27-22)25(20(9-2)16(3)4)21-12-11-19(14-26)13-23(21)28-7/h9,11-13,15,25H,2,8,10H2,1,3-7H3. The van der Waals surface area contributed by atoms with Crippen molar-refractivity contribution in [2.75, 3.05) is 7.11 Å². The topological polar surface area (TPSA) is 45.9 Å². The van der Waals surface area contributed by atoms with Gasteiger partial charge in [-0.15, -0.1) is 0 Å². The van der Waals surface area contributed by atoms with E-state index in [0.717, 1.165) is 29.7 Å². The number of aromatic nitrogens is 1. The van der Waals surface area contributed by atoms with Crippen LogP contribution in [0.3, 0.4) is 0 Å². The van der Waals surface area contributed by atoms with Crippen LogP contribution >= 0.6 is 0 Å². The first-order valence-corrected chi connectivity index (χ1v) is 9.72. The first kappa shape index (κ1) is 21.4. The molecule has 1 unspecified atom stereocenters. The molecule has 0 saturated carbocycles. The van der Waals surface area contributed by atoms with Gasteiger partial charge in [0.05, 0.1) is 18.7 Å². The Labute approximate surface area is 169 Å². The Morgan fingerprint density at radius 3 is 2.57 bits per heavy atom. The number of nitriles is 1. The highest BCUT2D eigenvalue weighted by Crippen LogP contribution is 2.42. The minimum atomic E-state index is -0.0425. The third kappa shape index (κ3) is 4.17. The zero-order valence-corrected chi connectivity index (χ0v) is 17.9. The summed E-state index contributed by atoms with van der Waals surface area (Å²) in [5, 5.41) is 9.30. The molecular weight excluding hydrogens is 344 g/mol. The summed E-state index contributed by atoms with van der Waals surface area (Å²) in [6.07, 6.45) is 5.85. The molecule has 2 aromatic rings. The minimum Gasteiger partial charge on any atom is -0.496 e. The van der Waals surface area contributed by atoms with Gasteiger partial charge in [0.2, 0.25) is 0 Å². The fraction of sp³-hybridized carbons (Fsp3) is 0.360. The Hall–Kier alpha value is -2.86. The third-order valence-electron chi connectivity index (χ3n) is 5.28.